The van der Waals surface area contributed by atoms with Gasteiger partial charge in [0.05, 0.1) is 23.9 Å². The summed E-state index contributed by atoms with van der Waals surface area (Å²) in [6.07, 6.45) is 3.31. The van der Waals surface area contributed by atoms with Crippen molar-refractivity contribution in [3.8, 4) is 0 Å². The highest BCUT2D eigenvalue weighted by Gasteiger charge is 2.36. The number of hydrogen-bond acceptors (Lipinski definition) is 7. The molecule has 0 aromatic heterocycles. The third-order valence-corrected chi connectivity index (χ3v) is 7.78. The molecular weight excluding hydrogens is 610 g/mol. The van der Waals surface area contributed by atoms with Gasteiger partial charge in [0.15, 0.2) is 0 Å². The van der Waals surface area contributed by atoms with E-state index in [1.165, 1.54) is 19.2 Å². The zero-order valence-electron chi connectivity index (χ0n) is 26.7. The molecule has 2 aliphatic heterocycles. The summed E-state index contributed by atoms with van der Waals surface area (Å²) in [6, 6.07) is 13.5. The van der Waals surface area contributed by atoms with E-state index in [0.29, 0.717) is 18.1 Å². The van der Waals surface area contributed by atoms with Crippen LogP contribution in [0.3, 0.4) is 0 Å². The fourth-order valence-electron chi connectivity index (χ4n) is 5.07. The number of fused-ring (bicyclic) bond motifs is 1. The smallest absolute Gasteiger partial charge is 0.407 e. The van der Waals surface area contributed by atoms with Crippen molar-refractivity contribution in [1.82, 2.24) is 16.0 Å². The van der Waals surface area contributed by atoms with Crippen molar-refractivity contribution in [2.24, 2.45) is 10.9 Å². The Hall–Kier alpha value is -4.64. The lowest BCUT2D eigenvalue weighted by Crippen LogP contribution is -2.47. The van der Waals surface area contributed by atoms with Crippen LogP contribution in [0.1, 0.15) is 75.3 Å². The lowest BCUT2D eigenvalue weighted by molar-refractivity contribution is -0.131. The highest BCUT2D eigenvalue weighted by Crippen LogP contribution is 2.30. The first-order valence-corrected chi connectivity index (χ1v) is 15.5. The minimum absolute atomic E-state index is 0.160. The lowest BCUT2D eigenvalue weighted by Gasteiger charge is -2.27. The van der Waals surface area contributed by atoms with Crippen molar-refractivity contribution in [2.45, 2.75) is 65.0 Å². The molecule has 2 aromatic rings. The number of amides is 4. The number of aliphatic imine (C=N–C) groups is 1. The standard InChI is InChI=1S/C34H40ClN5O6/c1-20-10-9-13-28(45-5)39-29-23(20)19-24(32(43)40-29)31(42)38-27-18-22(14-15-25(27)35)30(41)37-26(21-11-7-6-8-12-21)16-17-36-33(44)46-34(2,3)4/h6-8,11-15,18,24,26H,9-10,16-17,19H2,1-5H3,(H,36,44)(H,37,41)(H,38,42)(H,39,40,43). The first-order valence-electron chi connectivity index (χ1n) is 15.1. The molecule has 46 heavy (non-hydrogen) atoms. The Kier molecular flexibility index (Phi) is 11.2. The van der Waals surface area contributed by atoms with Crippen LogP contribution in [0.25, 0.3) is 0 Å². The van der Waals surface area contributed by atoms with Crippen LogP contribution in [0.15, 0.2) is 76.6 Å². The van der Waals surface area contributed by atoms with Gasteiger partial charge >= 0.3 is 6.09 Å². The molecule has 2 atom stereocenters. The van der Waals surface area contributed by atoms with Crippen LogP contribution in [0, 0.1) is 5.92 Å². The third kappa shape index (κ3) is 9.20. The van der Waals surface area contributed by atoms with Gasteiger partial charge < -0.3 is 30.7 Å². The molecule has 4 N–H and O–H groups in total. The highest BCUT2D eigenvalue weighted by atomic mass is 35.5. The molecule has 4 amide bonds. The van der Waals surface area contributed by atoms with Gasteiger partial charge in [-0.05, 0) is 88.8 Å². The maximum Gasteiger partial charge on any atom is 0.407 e. The van der Waals surface area contributed by atoms with Gasteiger partial charge in [-0.3, -0.25) is 14.4 Å². The number of benzene rings is 2. The van der Waals surface area contributed by atoms with Crippen LogP contribution in [-0.2, 0) is 19.1 Å². The summed E-state index contributed by atoms with van der Waals surface area (Å²) in [7, 11) is 1.51. The number of nitrogens with one attached hydrogen (secondary N) is 4. The van der Waals surface area contributed by atoms with Gasteiger partial charge in [-0.15, -0.1) is 0 Å². The highest BCUT2D eigenvalue weighted by molar-refractivity contribution is 6.34. The number of nitrogens with zero attached hydrogens (tertiary/aromatic N) is 1. The minimum Gasteiger partial charge on any atom is -0.481 e. The van der Waals surface area contributed by atoms with Gasteiger partial charge in [0.25, 0.3) is 5.91 Å². The first-order chi connectivity index (χ1) is 21.8. The Balaban J connectivity index is 1.46. The van der Waals surface area contributed by atoms with Crippen LogP contribution < -0.4 is 21.3 Å². The molecule has 0 radical (unpaired) electrons. The van der Waals surface area contributed by atoms with Gasteiger partial charge in [-0.1, -0.05) is 47.5 Å². The second kappa shape index (κ2) is 15.1. The van der Waals surface area contributed by atoms with E-state index in [1.54, 1.807) is 26.8 Å². The molecule has 1 fully saturated rings. The summed E-state index contributed by atoms with van der Waals surface area (Å²) >= 11 is 6.42. The molecule has 0 spiro atoms. The van der Waals surface area contributed by atoms with E-state index in [4.69, 9.17) is 21.1 Å². The average Bonchev–Trinajstić information content (AvgIpc) is 2.99. The number of halogens is 1. The average molecular weight is 650 g/mol. The fraction of sp³-hybridized carbons (Fsp3) is 0.382. The molecule has 2 unspecified atom stereocenters. The molecule has 4 rings (SSSR count). The number of hydrogen-bond donors (Lipinski definition) is 4. The number of piperidine rings is 1. The van der Waals surface area contributed by atoms with E-state index in [-0.39, 0.29) is 29.2 Å². The van der Waals surface area contributed by atoms with Crippen molar-refractivity contribution >= 4 is 46.9 Å². The topological polar surface area (TPSA) is 147 Å². The summed E-state index contributed by atoms with van der Waals surface area (Å²) in [5.41, 5.74) is 2.47. The van der Waals surface area contributed by atoms with Crippen LogP contribution in [0.5, 0.6) is 0 Å². The van der Waals surface area contributed by atoms with E-state index in [0.717, 1.165) is 29.6 Å². The van der Waals surface area contributed by atoms with E-state index < -0.39 is 41.4 Å². The first kappa shape index (κ1) is 34.2. The van der Waals surface area contributed by atoms with Crippen molar-refractivity contribution in [2.75, 3.05) is 19.0 Å². The Labute approximate surface area is 273 Å². The Morgan fingerprint density at radius 3 is 2.57 bits per heavy atom. The van der Waals surface area contributed by atoms with Crippen LogP contribution in [0.4, 0.5) is 10.5 Å². The SMILES string of the molecule is COC1=CCCC(C)=C2CC(C(=O)Nc3cc(C(=O)NC(CCNC(=O)OC(C)(C)C)c4ccccc4)ccc3Cl)C(=O)NC2=N1. The fourth-order valence-corrected chi connectivity index (χ4v) is 5.23. The zero-order valence-corrected chi connectivity index (χ0v) is 27.4. The number of methoxy groups -OCH3 is 1. The predicted molar refractivity (Wildman–Crippen MR) is 176 cm³/mol. The normalized spacial score (nSPS) is 17.2. The van der Waals surface area contributed by atoms with Crippen molar-refractivity contribution in [1.29, 1.82) is 0 Å². The number of ether oxygens (including phenoxy) is 2. The van der Waals surface area contributed by atoms with Crippen molar-refractivity contribution in [3.63, 3.8) is 0 Å². The molecule has 2 aliphatic rings. The molecule has 11 nitrogen and oxygen atoms in total. The predicted octanol–water partition coefficient (Wildman–Crippen LogP) is 5.80. The quantitative estimate of drug-likeness (QED) is 0.253. The van der Waals surface area contributed by atoms with Crippen molar-refractivity contribution in [3.05, 3.63) is 87.8 Å². The van der Waals surface area contributed by atoms with Gasteiger partial charge in [0.2, 0.25) is 17.7 Å². The Morgan fingerprint density at radius 2 is 1.87 bits per heavy atom. The molecule has 244 valence electrons. The molecule has 12 heteroatoms. The molecule has 0 aliphatic carbocycles. The number of amidine groups is 1. The van der Waals surface area contributed by atoms with E-state index in [1.807, 2.05) is 43.3 Å². The molecule has 2 aromatic carbocycles. The second-order valence-electron chi connectivity index (χ2n) is 12.1. The largest absolute Gasteiger partial charge is 0.481 e. The summed E-state index contributed by atoms with van der Waals surface area (Å²) in [4.78, 5) is 56.5. The van der Waals surface area contributed by atoms with Gasteiger partial charge in [0, 0.05) is 12.1 Å². The van der Waals surface area contributed by atoms with Crippen molar-refractivity contribution < 1.29 is 28.7 Å². The number of alkyl carbamates (subject to hydrolysis) is 1. The summed E-state index contributed by atoms with van der Waals surface area (Å²) in [6.45, 7) is 7.56. The third-order valence-electron chi connectivity index (χ3n) is 7.45. The number of allylic oxidation sites excluding steroid dienone is 2. The summed E-state index contributed by atoms with van der Waals surface area (Å²) < 4.78 is 10.6. The monoisotopic (exact) mass is 649 g/mol. The Morgan fingerprint density at radius 1 is 1.13 bits per heavy atom. The number of carbonyl (C=O) groups excluding carboxylic acids is 4. The van der Waals surface area contributed by atoms with Gasteiger partial charge in [-0.2, -0.15) is 4.99 Å². The van der Waals surface area contributed by atoms with Crippen LogP contribution in [0.2, 0.25) is 5.02 Å². The van der Waals surface area contributed by atoms with Crippen LogP contribution >= 0.6 is 11.6 Å². The van der Waals surface area contributed by atoms with Gasteiger partial charge in [0.1, 0.15) is 17.4 Å². The summed E-state index contributed by atoms with van der Waals surface area (Å²) in [5, 5.41) is 11.4. The molecular formula is C34H40ClN5O6. The summed E-state index contributed by atoms with van der Waals surface area (Å²) in [5.74, 6) is -1.72. The maximum atomic E-state index is 13.4. The molecule has 1 saturated heterocycles. The van der Waals surface area contributed by atoms with Crippen LogP contribution in [-0.4, -0.2) is 48.9 Å². The molecule has 0 bridgehead atoms. The number of anilines is 1. The minimum atomic E-state index is -1.04. The Bertz CT molecular complexity index is 1580. The molecule has 2 heterocycles. The van der Waals surface area contributed by atoms with E-state index >= 15 is 0 Å². The number of carbonyl (C=O) groups is 4. The zero-order chi connectivity index (χ0) is 33.4. The van der Waals surface area contributed by atoms with Gasteiger partial charge in [-0.25, -0.2) is 4.79 Å². The van der Waals surface area contributed by atoms with E-state index in [9.17, 15) is 19.2 Å². The second-order valence-corrected chi connectivity index (χ2v) is 12.5. The molecule has 0 saturated carbocycles. The van der Waals surface area contributed by atoms with E-state index in [2.05, 4.69) is 26.3 Å². The lowest BCUT2D eigenvalue weighted by atomic mass is 9.88. The maximum absolute atomic E-state index is 13.4. The number of rotatable bonds is 9.